The van der Waals surface area contributed by atoms with Crippen LogP contribution in [0.3, 0.4) is 0 Å². The summed E-state index contributed by atoms with van der Waals surface area (Å²) < 4.78 is 2.43. The molecule has 1 aromatic carbocycles. The molecule has 1 aromatic heterocycles. The van der Waals surface area contributed by atoms with Crippen LogP contribution in [-0.4, -0.2) is 15.6 Å². The zero-order chi connectivity index (χ0) is 18.6. The molecular formula is C22H31NO2. The average Bonchev–Trinajstić information content (AvgIpc) is 2.87. The Labute approximate surface area is 151 Å². The van der Waals surface area contributed by atoms with Crippen LogP contribution in [0.4, 0.5) is 0 Å². The summed E-state index contributed by atoms with van der Waals surface area (Å²) in [5, 5.41) is 10.1. The molecule has 136 valence electrons. The number of benzene rings is 1. The summed E-state index contributed by atoms with van der Waals surface area (Å²) in [6.45, 7) is 11.0. The molecule has 0 atom stereocenters. The lowest BCUT2D eigenvalue weighted by atomic mass is 9.95. The van der Waals surface area contributed by atoms with Gasteiger partial charge in [0.05, 0.1) is 0 Å². The third-order valence-corrected chi connectivity index (χ3v) is 4.52. The van der Waals surface area contributed by atoms with Gasteiger partial charge in [-0.2, -0.15) is 0 Å². The fourth-order valence-corrected chi connectivity index (χ4v) is 3.64. The van der Waals surface area contributed by atoms with Crippen molar-refractivity contribution in [2.45, 2.75) is 59.9 Å². The first kappa shape index (κ1) is 19.3. The second kappa shape index (κ2) is 8.37. The number of hydrogen-bond acceptors (Lipinski definition) is 1. The van der Waals surface area contributed by atoms with E-state index < -0.39 is 5.97 Å². The summed E-state index contributed by atoms with van der Waals surface area (Å²) in [4.78, 5) is 10.8. The molecule has 0 bridgehead atoms. The average molecular weight is 341 g/mol. The summed E-state index contributed by atoms with van der Waals surface area (Å²) in [7, 11) is 0. The second-order valence-electron chi connectivity index (χ2n) is 8.03. The van der Waals surface area contributed by atoms with Gasteiger partial charge < -0.3 is 9.67 Å². The van der Waals surface area contributed by atoms with Crippen LogP contribution in [0.2, 0.25) is 0 Å². The maximum absolute atomic E-state index is 10.8. The smallest absolute Gasteiger partial charge is 0.328 e. The summed E-state index contributed by atoms with van der Waals surface area (Å²) >= 11 is 0. The van der Waals surface area contributed by atoms with Crippen molar-refractivity contribution < 1.29 is 9.90 Å². The summed E-state index contributed by atoms with van der Waals surface area (Å²) in [5.74, 6) is 0.462. The lowest BCUT2D eigenvalue weighted by Crippen LogP contribution is -2.13. The lowest BCUT2D eigenvalue weighted by Gasteiger charge is -2.24. The predicted octanol–water partition coefficient (Wildman–Crippen LogP) is 5.85. The number of hydrogen-bond donors (Lipinski definition) is 1. The van der Waals surface area contributed by atoms with Crippen LogP contribution in [-0.2, 0) is 11.2 Å². The topological polar surface area (TPSA) is 42.2 Å². The van der Waals surface area contributed by atoms with Crippen LogP contribution in [0.1, 0.15) is 59.1 Å². The summed E-state index contributed by atoms with van der Waals surface area (Å²) in [6.07, 6.45) is 6.55. The highest BCUT2D eigenvalue weighted by Gasteiger charge is 2.16. The van der Waals surface area contributed by atoms with Gasteiger partial charge >= 0.3 is 5.97 Å². The molecule has 0 saturated heterocycles. The van der Waals surface area contributed by atoms with E-state index in [1.54, 1.807) is 0 Å². The van der Waals surface area contributed by atoms with Gasteiger partial charge in [0, 0.05) is 23.8 Å². The number of carboxylic acid groups (broad SMARTS) is 1. The van der Waals surface area contributed by atoms with Gasteiger partial charge in [0.1, 0.15) is 0 Å². The molecule has 2 aromatic rings. The fraction of sp³-hybridized carbons (Fsp3) is 0.500. The number of carboxylic acids is 1. The molecule has 0 aliphatic rings. The van der Waals surface area contributed by atoms with E-state index >= 15 is 0 Å². The first-order valence-electron chi connectivity index (χ1n) is 9.25. The van der Waals surface area contributed by atoms with Gasteiger partial charge in [-0.05, 0) is 67.2 Å². The molecular weight excluding hydrogens is 310 g/mol. The molecule has 3 nitrogen and oxygen atoms in total. The van der Waals surface area contributed by atoms with E-state index in [-0.39, 0.29) is 0 Å². The highest BCUT2D eigenvalue weighted by molar-refractivity contribution is 5.82. The number of carbonyl (C=O) groups is 1. The molecule has 0 fully saturated rings. The van der Waals surface area contributed by atoms with Gasteiger partial charge in [-0.25, -0.2) is 4.79 Å². The van der Waals surface area contributed by atoms with E-state index in [4.69, 9.17) is 5.11 Å². The Morgan fingerprint density at radius 2 is 1.76 bits per heavy atom. The van der Waals surface area contributed by atoms with Crippen molar-refractivity contribution in [2.75, 3.05) is 0 Å². The molecule has 25 heavy (non-hydrogen) atoms. The second-order valence-corrected chi connectivity index (χ2v) is 8.03. The highest BCUT2D eigenvalue weighted by atomic mass is 16.4. The molecule has 2 rings (SSSR count). The minimum absolute atomic E-state index is 0.525. The van der Waals surface area contributed by atoms with E-state index in [1.807, 2.05) is 6.92 Å². The molecule has 0 aliphatic heterocycles. The van der Waals surface area contributed by atoms with Crippen molar-refractivity contribution in [1.82, 2.24) is 4.57 Å². The van der Waals surface area contributed by atoms with Crippen LogP contribution in [0.15, 0.2) is 42.1 Å². The van der Waals surface area contributed by atoms with Gasteiger partial charge in [0.2, 0.25) is 0 Å². The third-order valence-electron chi connectivity index (χ3n) is 4.52. The molecule has 0 spiro atoms. The number of nitrogens with zero attached hydrogens (tertiary/aromatic N) is 1. The molecule has 0 amide bonds. The minimum Gasteiger partial charge on any atom is -0.478 e. The van der Waals surface area contributed by atoms with Gasteiger partial charge in [-0.15, -0.1) is 0 Å². The van der Waals surface area contributed by atoms with Crippen LogP contribution in [0.25, 0.3) is 10.9 Å². The maximum atomic E-state index is 10.8. The Morgan fingerprint density at radius 1 is 1.12 bits per heavy atom. The molecule has 3 heteroatoms. The lowest BCUT2D eigenvalue weighted by molar-refractivity contribution is -0.131. The number of aliphatic carboxylic acids is 1. The number of aromatic nitrogens is 1. The number of rotatable bonds is 8. The minimum atomic E-state index is -0.880. The van der Waals surface area contributed by atoms with E-state index in [2.05, 4.69) is 62.7 Å². The predicted molar refractivity (Wildman–Crippen MR) is 105 cm³/mol. The quantitative estimate of drug-likeness (QED) is 0.612. The first-order valence-corrected chi connectivity index (χ1v) is 9.25. The summed E-state index contributed by atoms with van der Waals surface area (Å²) in [6, 6.07) is 9.21. The monoisotopic (exact) mass is 341 g/mol. The van der Waals surface area contributed by atoms with Crippen molar-refractivity contribution in [2.24, 2.45) is 11.8 Å². The van der Waals surface area contributed by atoms with Crippen molar-refractivity contribution in [3.05, 3.63) is 47.7 Å². The van der Waals surface area contributed by atoms with Gasteiger partial charge in [-0.1, -0.05) is 39.3 Å². The molecule has 1 N–H and O–H groups in total. The van der Waals surface area contributed by atoms with Crippen molar-refractivity contribution in [3.63, 3.8) is 0 Å². The van der Waals surface area contributed by atoms with Gasteiger partial charge in [-0.3, -0.25) is 0 Å². The zero-order valence-corrected chi connectivity index (χ0v) is 16.1. The van der Waals surface area contributed by atoms with E-state index in [0.29, 0.717) is 24.3 Å². The SMILES string of the molecule is CC(=CC(=O)O)Cc1ccc2c(ccn2C(CC(C)C)CC(C)C)c1. The normalized spacial score (nSPS) is 12.7. The highest BCUT2D eigenvalue weighted by Crippen LogP contribution is 2.30. The molecule has 0 unspecified atom stereocenters. The third kappa shape index (κ3) is 5.48. The Hall–Kier alpha value is -2.03. The Kier molecular flexibility index (Phi) is 6.46. The molecule has 1 heterocycles. The number of fused-ring (bicyclic) bond motifs is 1. The standard InChI is InChI=1S/C22H31NO2/c1-15(2)10-20(11-16(3)4)23-9-8-19-14-18(6-7-21(19)23)12-17(5)13-22(24)25/h6-9,13-16,20H,10-12H2,1-5H3,(H,24,25). The van der Waals surface area contributed by atoms with Crippen LogP contribution in [0, 0.1) is 11.8 Å². The van der Waals surface area contributed by atoms with Gasteiger partial charge in [0.25, 0.3) is 0 Å². The zero-order valence-electron chi connectivity index (χ0n) is 16.1. The van der Waals surface area contributed by atoms with Crippen LogP contribution < -0.4 is 0 Å². The van der Waals surface area contributed by atoms with Crippen LogP contribution in [0.5, 0.6) is 0 Å². The fourth-order valence-electron chi connectivity index (χ4n) is 3.64. The molecule has 0 aliphatic carbocycles. The Balaban J connectivity index is 2.30. The Bertz CT molecular complexity index is 742. The van der Waals surface area contributed by atoms with Crippen molar-refractivity contribution in [1.29, 1.82) is 0 Å². The largest absolute Gasteiger partial charge is 0.478 e. The van der Waals surface area contributed by atoms with Gasteiger partial charge in [0.15, 0.2) is 0 Å². The first-order chi connectivity index (χ1) is 11.8. The number of allylic oxidation sites excluding steroid dienone is 1. The van der Waals surface area contributed by atoms with Crippen molar-refractivity contribution >= 4 is 16.9 Å². The van der Waals surface area contributed by atoms with E-state index in [9.17, 15) is 4.79 Å². The van der Waals surface area contributed by atoms with Crippen molar-refractivity contribution in [3.8, 4) is 0 Å². The maximum Gasteiger partial charge on any atom is 0.328 e. The molecule has 0 saturated carbocycles. The summed E-state index contributed by atoms with van der Waals surface area (Å²) in [5.41, 5.74) is 3.29. The molecule has 0 radical (unpaired) electrons. The van der Waals surface area contributed by atoms with E-state index in [1.165, 1.54) is 29.8 Å². The Morgan fingerprint density at radius 3 is 2.32 bits per heavy atom. The van der Waals surface area contributed by atoms with Crippen LogP contribution >= 0.6 is 0 Å². The van der Waals surface area contributed by atoms with E-state index in [0.717, 1.165) is 11.1 Å².